The zero-order valence-corrected chi connectivity index (χ0v) is 14.6. The Morgan fingerprint density at radius 3 is 2.62 bits per heavy atom. The highest BCUT2D eigenvalue weighted by atomic mass is 16.5. The van der Waals surface area contributed by atoms with Crippen LogP contribution in [-0.4, -0.2) is 23.8 Å². The zero-order valence-electron chi connectivity index (χ0n) is 14.6. The van der Waals surface area contributed by atoms with Crippen molar-refractivity contribution >= 4 is 17.4 Å². The number of rotatable bonds is 3. The maximum atomic E-state index is 13.1. The number of amides is 1. The molecule has 2 aliphatic rings. The summed E-state index contributed by atoms with van der Waals surface area (Å²) in [5.74, 6) is 0.567. The molecular weight excluding hydrogens is 328 g/mol. The zero-order chi connectivity index (χ0) is 18.1. The van der Waals surface area contributed by atoms with Crippen molar-refractivity contribution < 1.29 is 14.3 Å². The molecular formula is C21H20N2O3. The lowest BCUT2D eigenvalue weighted by Gasteiger charge is -2.38. The Bertz CT molecular complexity index is 889. The van der Waals surface area contributed by atoms with Crippen molar-refractivity contribution in [2.24, 2.45) is 0 Å². The number of para-hydroxylation sites is 2. The highest BCUT2D eigenvalue weighted by Crippen LogP contribution is 2.44. The summed E-state index contributed by atoms with van der Waals surface area (Å²) in [5.41, 5.74) is 3.27. The highest BCUT2D eigenvalue weighted by Gasteiger charge is 2.40. The number of hydrogen-bond acceptors (Lipinski definition) is 4. The van der Waals surface area contributed by atoms with Gasteiger partial charge >= 0.3 is 0 Å². The van der Waals surface area contributed by atoms with Crippen LogP contribution in [0.2, 0.25) is 0 Å². The predicted molar refractivity (Wildman–Crippen MR) is 98.0 cm³/mol. The Morgan fingerprint density at radius 1 is 1.08 bits per heavy atom. The fourth-order valence-corrected chi connectivity index (χ4v) is 3.97. The second kappa shape index (κ2) is 6.75. The standard InChI is InChI=1S/C21H20N2O3/c1-26-19-8-3-2-5-16(19)23-17-6-4-7-18(24)21(17)15(13-20(23)25)14-9-11-22-12-10-14/h2-3,5,8-12,15H,4,6-7,13H2,1H3. The first kappa shape index (κ1) is 16.5. The minimum atomic E-state index is -0.195. The summed E-state index contributed by atoms with van der Waals surface area (Å²) in [6, 6.07) is 11.2. The van der Waals surface area contributed by atoms with Gasteiger partial charge in [0.2, 0.25) is 5.91 Å². The Hall–Kier alpha value is -2.95. The van der Waals surface area contributed by atoms with Gasteiger partial charge in [-0.15, -0.1) is 0 Å². The number of carbonyl (C=O) groups is 2. The lowest BCUT2D eigenvalue weighted by atomic mass is 9.77. The summed E-state index contributed by atoms with van der Waals surface area (Å²) in [5, 5.41) is 0. The van der Waals surface area contributed by atoms with Gasteiger partial charge in [0, 0.05) is 42.4 Å². The number of benzene rings is 1. The number of aromatic nitrogens is 1. The third kappa shape index (κ3) is 2.69. The van der Waals surface area contributed by atoms with E-state index in [9.17, 15) is 9.59 Å². The minimum absolute atomic E-state index is 0.00948. The Morgan fingerprint density at radius 2 is 1.85 bits per heavy atom. The van der Waals surface area contributed by atoms with E-state index >= 15 is 0 Å². The molecule has 1 aromatic heterocycles. The highest BCUT2D eigenvalue weighted by molar-refractivity contribution is 6.08. The van der Waals surface area contributed by atoms with Crippen LogP contribution in [0.3, 0.4) is 0 Å². The second-order valence-electron chi connectivity index (χ2n) is 6.58. The van der Waals surface area contributed by atoms with Gasteiger partial charge in [0.15, 0.2) is 5.78 Å². The van der Waals surface area contributed by atoms with Gasteiger partial charge in [-0.2, -0.15) is 0 Å². The van der Waals surface area contributed by atoms with Gasteiger partial charge in [0.05, 0.1) is 12.8 Å². The van der Waals surface area contributed by atoms with Crippen LogP contribution in [0.25, 0.3) is 0 Å². The molecule has 0 N–H and O–H groups in total. The maximum Gasteiger partial charge on any atom is 0.232 e. The van der Waals surface area contributed by atoms with E-state index in [1.54, 1.807) is 24.4 Å². The molecule has 1 aliphatic heterocycles. The molecule has 1 aromatic carbocycles. The summed E-state index contributed by atoms with van der Waals surface area (Å²) in [6.07, 6.45) is 5.70. The quantitative estimate of drug-likeness (QED) is 0.850. The van der Waals surface area contributed by atoms with Crippen LogP contribution in [0.4, 0.5) is 5.69 Å². The number of methoxy groups -OCH3 is 1. The van der Waals surface area contributed by atoms with E-state index in [0.29, 0.717) is 24.3 Å². The molecule has 0 saturated heterocycles. The molecule has 5 nitrogen and oxygen atoms in total. The van der Waals surface area contributed by atoms with Crippen molar-refractivity contribution in [3.05, 3.63) is 65.6 Å². The smallest absolute Gasteiger partial charge is 0.232 e. The predicted octanol–water partition coefficient (Wildman–Crippen LogP) is 3.62. The van der Waals surface area contributed by atoms with Gasteiger partial charge in [-0.05, 0) is 42.7 Å². The van der Waals surface area contributed by atoms with E-state index in [-0.39, 0.29) is 24.0 Å². The van der Waals surface area contributed by atoms with E-state index in [1.165, 1.54) is 0 Å². The van der Waals surface area contributed by atoms with Crippen LogP contribution in [0.15, 0.2) is 60.1 Å². The summed E-state index contributed by atoms with van der Waals surface area (Å²) < 4.78 is 5.46. The molecule has 132 valence electrons. The SMILES string of the molecule is COc1ccccc1N1C(=O)CC(c2ccncc2)C2=C1CCCC2=O. The average Bonchev–Trinajstić information content (AvgIpc) is 2.68. The number of anilines is 1. The molecule has 0 radical (unpaired) electrons. The van der Waals surface area contributed by atoms with Crippen molar-refractivity contribution in [3.63, 3.8) is 0 Å². The average molecular weight is 348 g/mol. The number of Topliss-reactive ketones (excluding diaryl/α,β-unsaturated/α-hetero) is 1. The molecule has 0 saturated carbocycles. The van der Waals surface area contributed by atoms with E-state index in [2.05, 4.69) is 4.98 Å². The Kier molecular flexibility index (Phi) is 4.29. The Balaban J connectivity index is 1.88. The fourth-order valence-electron chi connectivity index (χ4n) is 3.97. The van der Waals surface area contributed by atoms with Crippen molar-refractivity contribution in [1.29, 1.82) is 0 Å². The van der Waals surface area contributed by atoms with E-state index < -0.39 is 0 Å². The maximum absolute atomic E-state index is 13.1. The first-order chi connectivity index (χ1) is 12.7. The third-order valence-electron chi connectivity index (χ3n) is 5.11. The molecule has 0 spiro atoms. The lowest BCUT2D eigenvalue weighted by Crippen LogP contribution is -2.40. The summed E-state index contributed by atoms with van der Waals surface area (Å²) in [7, 11) is 1.59. The molecule has 1 aliphatic carbocycles. The van der Waals surface area contributed by atoms with Gasteiger partial charge in [0.25, 0.3) is 0 Å². The number of hydrogen-bond donors (Lipinski definition) is 0. The molecule has 2 heterocycles. The normalized spacial score (nSPS) is 20.2. The van der Waals surface area contributed by atoms with Gasteiger partial charge in [-0.3, -0.25) is 19.5 Å². The van der Waals surface area contributed by atoms with E-state index in [4.69, 9.17) is 4.74 Å². The lowest BCUT2D eigenvalue weighted by molar-refractivity contribution is -0.119. The second-order valence-corrected chi connectivity index (χ2v) is 6.58. The first-order valence-corrected chi connectivity index (χ1v) is 8.83. The van der Waals surface area contributed by atoms with Crippen molar-refractivity contribution in [2.45, 2.75) is 31.6 Å². The van der Waals surface area contributed by atoms with Crippen molar-refractivity contribution in [2.75, 3.05) is 12.0 Å². The molecule has 2 aromatic rings. The van der Waals surface area contributed by atoms with E-state index in [1.807, 2.05) is 36.4 Å². The molecule has 0 fully saturated rings. The van der Waals surface area contributed by atoms with Gasteiger partial charge in [-0.1, -0.05) is 12.1 Å². The van der Waals surface area contributed by atoms with Crippen LogP contribution in [0.1, 0.15) is 37.2 Å². The number of pyridine rings is 1. The number of ketones is 1. The molecule has 0 bridgehead atoms. The third-order valence-corrected chi connectivity index (χ3v) is 5.11. The fraction of sp³-hybridized carbons (Fsp3) is 0.286. The number of carbonyl (C=O) groups excluding carboxylic acids is 2. The molecule has 1 amide bonds. The van der Waals surface area contributed by atoms with Crippen molar-refractivity contribution in [1.82, 2.24) is 4.98 Å². The van der Waals surface area contributed by atoms with Crippen LogP contribution in [-0.2, 0) is 9.59 Å². The molecule has 1 unspecified atom stereocenters. The van der Waals surface area contributed by atoms with Gasteiger partial charge < -0.3 is 4.74 Å². The van der Waals surface area contributed by atoms with Crippen LogP contribution in [0, 0.1) is 0 Å². The molecule has 4 rings (SSSR count). The summed E-state index contributed by atoms with van der Waals surface area (Å²) in [4.78, 5) is 31.7. The van der Waals surface area contributed by atoms with Gasteiger partial charge in [0.1, 0.15) is 5.75 Å². The summed E-state index contributed by atoms with van der Waals surface area (Å²) >= 11 is 0. The monoisotopic (exact) mass is 348 g/mol. The number of allylic oxidation sites excluding steroid dienone is 2. The van der Waals surface area contributed by atoms with Crippen molar-refractivity contribution in [3.8, 4) is 5.75 Å². The number of ether oxygens (including phenoxy) is 1. The molecule has 26 heavy (non-hydrogen) atoms. The number of nitrogens with zero attached hydrogens (tertiary/aromatic N) is 2. The van der Waals surface area contributed by atoms with Crippen LogP contribution in [0.5, 0.6) is 5.75 Å². The van der Waals surface area contributed by atoms with Crippen LogP contribution >= 0.6 is 0 Å². The molecule has 5 heteroatoms. The molecule has 1 atom stereocenters. The van der Waals surface area contributed by atoms with Crippen LogP contribution < -0.4 is 9.64 Å². The minimum Gasteiger partial charge on any atom is -0.495 e. The Labute approximate surface area is 152 Å². The van der Waals surface area contributed by atoms with E-state index in [0.717, 1.165) is 23.3 Å². The largest absolute Gasteiger partial charge is 0.495 e. The first-order valence-electron chi connectivity index (χ1n) is 8.83. The summed E-state index contributed by atoms with van der Waals surface area (Å²) in [6.45, 7) is 0. The van der Waals surface area contributed by atoms with Gasteiger partial charge in [-0.25, -0.2) is 0 Å². The topological polar surface area (TPSA) is 59.5 Å².